The lowest BCUT2D eigenvalue weighted by molar-refractivity contribution is -0.150. The number of hydrogen-bond donors (Lipinski definition) is 2. The molecule has 0 radical (unpaired) electrons. The highest BCUT2D eigenvalue weighted by Crippen LogP contribution is 2.38. The highest BCUT2D eigenvalue weighted by molar-refractivity contribution is 5.80. The molecule has 0 bridgehead atoms. The number of hydrogen-bond acceptors (Lipinski definition) is 3. The number of carboxylic acids is 1. The van der Waals surface area contributed by atoms with Crippen LogP contribution in [-0.4, -0.2) is 64.8 Å². The molecule has 21 heavy (non-hydrogen) atoms. The largest absolute Gasteiger partial charge is 0.481 e. The molecule has 2 heterocycles. The summed E-state index contributed by atoms with van der Waals surface area (Å²) >= 11 is 0. The minimum absolute atomic E-state index is 0.00788. The molecule has 2 amide bonds. The molecular formula is C15H26N2O4. The molecule has 2 atom stereocenters. The van der Waals surface area contributed by atoms with Crippen molar-refractivity contribution in [2.24, 2.45) is 17.3 Å². The third kappa shape index (κ3) is 3.00. The van der Waals surface area contributed by atoms with E-state index in [4.69, 9.17) is 5.11 Å². The van der Waals surface area contributed by atoms with Gasteiger partial charge in [-0.25, -0.2) is 4.79 Å². The van der Waals surface area contributed by atoms with Crippen molar-refractivity contribution in [1.29, 1.82) is 0 Å². The molecule has 0 aliphatic carbocycles. The third-order valence-corrected chi connectivity index (χ3v) is 5.20. The Labute approximate surface area is 125 Å². The smallest absolute Gasteiger partial charge is 0.320 e. The van der Waals surface area contributed by atoms with E-state index < -0.39 is 11.4 Å². The van der Waals surface area contributed by atoms with Gasteiger partial charge in [0, 0.05) is 32.8 Å². The number of amides is 2. The van der Waals surface area contributed by atoms with Crippen molar-refractivity contribution in [2.75, 3.05) is 32.8 Å². The van der Waals surface area contributed by atoms with E-state index in [0.717, 1.165) is 12.8 Å². The van der Waals surface area contributed by atoms with Crippen molar-refractivity contribution in [2.45, 2.75) is 33.1 Å². The molecule has 2 fully saturated rings. The Kier molecular flexibility index (Phi) is 4.76. The first-order valence-corrected chi connectivity index (χ1v) is 7.79. The van der Waals surface area contributed by atoms with Crippen molar-refractivity contribution >= 4 is 12.0 Å². The number of carboxylic acid groups (broad SMARTS) is 1. The van der Waals surface area contributed by atoms with E-state index in [1.807, 2.05) is 13.8 Å². The monoisotopic (exact) mass is 298 g/mol. The lowest BCUT2D eigenvalue weighted by atomic mass is 9.76. The van der Waals surface area contributed by atoms with E-state index in [1.54, 1.807) is 9.80 Å². The van der Waals surface area contributed by atoms with Gasteiger partial charge in [-0.05, 0) is 31.1 Å². The van der Waals surface area contributed by atoms with Gasteiger partial charge in [0.2, 0.25) is 0 Å². The number of nitrogens with zero attached hydrogens (tertiary/aromatic N) is 2. The molecule has 6 nitrogen and oxygen atoms in total. The molecule has 0 aromatic heterocycles. The van der Waals surface area contributed by atoms with E-state index in [-0.39, 0.29) is 18.6 Å². The predicted molar refractivity (Wildman–Crippen MR) is 77.9 cm³/mol. The van der Waals surface area contributed by atoms with Crippen LogP contribution in [0, 0.1) is 17.3 Å². The van der Waals surface area contributed by atoms with Crippen molar-refractivity contribution in [3.63, 3.8) is 0 Å². The van der Waals surface area contributed by atoms with Crippen molar-refractivity contribution in [1.82, 2.24) is 9.80 Å². The SMILES string of the molecule is CC(C)C1(C(=O)O)CCN(C(=O)N2CCC(CCO)C2)C1. The number of aliphatic carboxylic acids is 1. The summed E-state index contributed by atoms with van der Waals surface area (Å²) in [5.41, 5.74) is -0.806. The zero-order valence-electron chi connectivity index (χ0n) is 12.9. The zero-order chi connectivity index (χ0) is 15.6. The van der Waals surface area contributed by atoms with Crippen LogP contribution in [0.1, 0.15) is 33.1 Å². The summed E-state index contributed by atoms with van der Waals surface area (Å²) in [5, 5.41) is 18.5. The molecule has 2 aliphatic heterocycles. The lowest BCUT2D eigenvalue weighted by Gasteiger charge is -2.30. The first kappa shape index (κ1) is 16.1. The van der Waals surface area contributed by atoms with Gasteiger partial charge in [-0.3, -0.25) is 4.79 Å². The Hall–Kier alpha value is -1.30. The molecule has 120 valence electrons. The molecule has 0 saturated carbocycles. The predicted octanol–water partition coefficient (Wildman–Crippen LogP) is 1.24. The van der Waals surface area contributed by atoms with Gasteiger partial charge in [-0.2, -0.15) is 0 Å². The maximum Gasteiger partial charge on any atom is 0.320 e. The van der Waals surface area contributed by atoms with Gasteiger partial charge in [0.05, 0.1) is 5.41 Å². The Morgan fingerprint density at radius 3 is 2.52 bits per heavy atom. The average Bonchev–Trinajstić information content (AvgIpc) is 3.05. The van der Waals surface area contributed by atoms with Gasteiger partial charge < -0.3 is 20.0 Å². The van der Waals surface area contributed by atoms with E-state index in [2.05, 4.69) is 0 Å². The summed E-state index contributed by atoms with van der Waals surface area (Å²) in [6, 6.07) is -0.0424. The lowest BCUT2D eigenvalue weighted by Crippen LogP contribution is -2.44. The van der Waals surface area contributed by atoms with Crippen LogP contribution < -0.4 is 0 Å². The summed E-state index contributed by atoms with van der Waals surface area (Å²) in [6.07, 6.45) is 2.18. The molecule has 2 unspecified atom stereocenters. The summed E-state index contributed by atoms with van der Waals surface area (Å²) in [6.45, 7) is 6.19. The molecule has 0 spiro atoms. The van der Waals surface area contributed by atoms with Gasteiger partial charge in [0.1, 0.15) is 0 Å². The fraction of sp³-hybridized carbons (Fsp3) is 0.867. The minimum atomic E-state index is -0.806. The Bertz CT molecular complexity index is 412. The molecule has 2 rings (SSSR count). The minimum Gasteiger partial charge on any atom is -0.481 e. The van der Waals surface area contributed by atoms with Crippen LogP contribution in [0.15, 0.2) is 0 Å². The van der Waals surface area contributed by atoms with Crippen molar-refractivity contribution in [3.05, 3.63) is 0 Å². The first-order chi connectivity index (χ1) is 9.90. The maximum atomic E-state index is 12.5. The second kappa shape index (κ2) is 6.22. The number of rotatable bonds is 4. The van der Waals surface area contributed by atoms with Crippen LogP contribution in [0.25, 0.3) is 0 Å². The van der Waals surface area contributed by atoms with Gasteiger partial charge in [0.15, 0.2) is 0 Å². The summed E-state index contributed by atoms with van der Waals surface area (Å²) in [4.78, 5) is 27.6. The normalized spacial score (nSPS) is 29.4. The quantitative estimate of drug-likeness (QED) is 0.818. The van der Waals surface area contributed by atoms with Gasteiger partial charge in [-0.1, -0.05) is 13.8 Å². The molecule has 6 heteroatoms. The van der Waals surface area contributed by atoms with Crippen LogP contribution in [0.3, 0.4) is 0 Å². The zero-order valence-corrected chi connectivity index (χ0v) is 12.9. The summed E-state index contributed by atoms with van der Waals surface area (Å²) in [5.74, 6) is -0.420. The average molecular weight is 298 g/mol. The standard InChI is InChI=1S/C15H26N2O4/c1-11(2)15(13(19)20)5-7-17(10-15)14(21)16-6-3-12(9-16)4-8-18/h11-12,18H,3-10H2,1-2H3,(H,19,20). The second-order valence-electron chi connectivity index (χ2n) is 6.68. The van der Waals surface area contributed by atoms with Gasteiger partial charge >= 0.3 is 12.0 Å². The van der Waals surface area contributed by atoms with Crippen LogP contribution in [-0.2, 0) is 4.79 Å². The Morgan fingerprint density at radius 2 is 2.00 bits per heavy atom. The Morgan fingerprint density at radius 1 is 1.29 bits per heavy atom. The molecular weight excluding hydrogens is 272 g/mol. The Balaban J connectivity index is 1.98. The summed E-state index contributed by atoms with van der Waals surface area (Å²) in [7, 11) is 0. The van der Waals surface area contributed by atoms with Crippen molar-refractivity contribution in [3.8, 4) is 0 Å². The van der Waals surface area contributed by atoms with Crippen molar-refractivity contribution < 1.29 is 19.8 Å². The van der Waals surface area contributed by atoms with E-state index in [1.165, 1.54) is 0 Å². The molecule has 2 saturated heterocycles. The second-order valence-corrected chi connectivity index (χ2v) is 6.68. The van der Waals surface area contributed by atoms with E-state index >= 15 is 0 Å². The molecule has 2 aliphatic rings. The topological polar surface area (TPSA) is 81.1 Å². The first-order valence-electron chi connectivity index (χ1n) is 7.79. The number of aliphatic hydroxyl groups excluding tert-OH is 1. The van der Waals surface area contributed by atoms with Gasteiger partial charge in [0.25, 0.3) is 0 Å². The van der Waals surface area contributed by atoms with Gasteiger partial charge in [-0.15, -0.1) is 0 Å². The fourth-order valence-corrected chi connectivity index (χ4v) is 3.51. The van der Waals surface area contributed by atoms with Crippen LogP contribution in [0.4, 0.5) is 4.79 Å². The number of likely N-dealkylation sites (tertiary alicyclic amines) is 2. The molecule has 2 N–H and O–H groups in total. The molecule has 0 aromatic carbocycles. The highest BCUT2D eigenvalue weighted by atomic mass is 16.4. The van der Waals surface area contributed by atoms with Crippen LogP contribution in [0.5, 0.6) is 0 Å². The number of carbonyl (C=O) groups is 2. The summed E-state index contributed by atoms with van der Waals surface area (Å²) < 4.78 is 0. The van der Waals surface area contributed by atoms with E-state index in [9.17, 15) is 14.7 Å². The highest BCUT2D eigenvalue weighted by Gasteiger charge is 2.49. The molecule has 0 aromatic rings. The van der Waals surface area contributed by atoms with E-state index in [0.29, 0.717) is 38.5 Å². The third-order valence-electron chi connectivity index (χ3n) is 5.20. The van der Waals surface area contributed by atoms with Crippen LogP contribution >= 0.6 is 0 Å². The fourth-order valence-electron chi connectivity index (χ4n) is 3.51. The number of carbonyl (C=O) groups excluding carboxylic acids is 1. The van der Waals surface area contributed by atoms with Crippen LogP contribution in [0.2, 0.25) is 0 Å². The number of urea groups is 1. The number of aliphatic hydroxyl groups is 1. The maximum absolute atomic E-state index is 12.5.